The Kier molecular flexibility index (Phi) is 6.05. The Balaban J connectivity index is 2.77. The Morgan fingerprint density at radius 2 is 1.69 bits per heavy atom. The van der Waals surface area contributed by atoms with Crippen LogP contribution in [0.4, 0.5) is 0 Å². The number of allylic oxidation sites excluding steroid dienone is 2. The first kappa shape index (κ1) is 20.3. The number of carbonyl (C=O) groups excluding carboxylic acids is 1. The Bertz CT molecular complexity index is 726. The number of hydrogen-bond donors (Lipinski definition) is 0. The topological polar surface area (TPSA) is 44.8 Å². The highest BCUT2D eigenvalue weighted by Crippen LogP contribution is 2.48. The SMILES string of the molecule is COc1cc(C(=O)C2=C(C)CCCC2(C)C)c(OC)c(C(C)C)c1OC. The van der Waals surface area contributed by atoms with Crippen LogP contribution in [0.15, 0.2) is 17.2 Å². The first-order valence-electron chi connectivity index (χ1n) is 9.27. The monoisotopic (exact) mass is 360 g/mol. The fraction of sp³-hybridized carbons (Fsp3) is 0.591. The van der Waals surface area contributed by atoms with Gasteiger partial charge in [0.2, 0.25) is 0 Å². The van der Waals surface area contributed by atoms with Gasteiger partial charge in [0.15, 0.2) is 17.3 Å². The molecule has 0 heterocycles. The fourth-order valence-corrected chi connectivity index (χ4v) is 4.18. The van der Waals surface area contributed by atoms with Gasteiger partial charge in [-0.15, -0.1) is 0 Å². The molecule has 0 bridgehead atoms. The summed E-state index contributed by atoms with van der Waals surface area (Å²) in [5, 5.41) is 0. The third-order valence-electron chi connectivity index (χ3n) is 5.37. The minimum absolute atomic E-state index is 0.0342. The lowest BCUT2D eigenvalue weighted by Gasteiger charge is -2.34. The number of methoxy groups -OCH3 is 3. The number of Topliss-reactive ketones (excluding diaryl/α,β-unsaturated/α-hetero) is 1. The molecule has 1 aromatic rings. The molecule has 0 aliphatic heterocycles. The number of hydrogen-bond acceptors (Lipinski definition) is 4. The van der Waals surface area contributed by atoms with Crippen molar-refractivity contribution in [2.45, 2.75) is 59.8 Å². The summed E-state index contributed by atoms with van der Waals surface area (Å²) in [6.07, 6.45) is 3.10. The van der Waals surface area contributed by atoms with Crippen molar-refractivity contribution in [2.75, 3.05) is 21.3 Å². The highest BCUT2D eigenvalue weighted by atomic mass is 16.5. The van der Waals surface area contributed by atoms with E-state index in [4.69, 9.17) is 14.2 Å². The summed E-state index contributed by atoms with van der Waals surface area (Å²) in [6, 6.07) is 1.76. The second-order valence-electron chi connectivity index (χ2n) is 7.98. The third kappa shape index (κ3) is 3.46. The van der Waals surface area contributed by atoms with Gasteiger partial charge in [-0.05, 0) is 43.6 Å². The van der Waals surface area contributed by atoms with Crippen molar-refractivity contribution < 1.29 is 19.0 Å². The third-order valence-corrected chi connectivity index (χ3v) is 5.37. The molecule has 0 fully saturated rings. The molecule has 0 amide bonds. The molecule has 1 aliphatic rings. The molecule has 0 saturated carbocycles. The van der Waals surface area contributed by atoms with Crippen molar-refractivity contribution >= 4 is 5.78 Å². The molecular formula is C22H32O4. The lowest BCUT2D eigenvalue weighted by molar-refractivity contribution is 0.0994. The van der Waals surface area contributed by atoms with Gasteiger partial charge in [0, 0.05) is 11.1 Å². The minimum Gasteiger partial charge on any atom is -0.496 e. The van der Waals surface area contributed by atoms with Gasteiger partial charge in [-0.2, -0.15) is 0 Å². The molecule has 1 aliphatic carbocycles. The molecule has 26 heavy (non-hydrogen) atoms. The van der Waals surface area contributed by atoms with Crippen LogP contribution < -0.4 is 14.2 Å². The van der Waals surface area contributed by atoms with Crippen LogP contribution in [0.3, 0.4) is 0 Å². The number of ketones is 1. The van der Waals surface area contributed by atoms with Crippen molar-refractivity contribution in [3.8, 4) is 17.2 Å². The number of carbonyl (C=O) groups is 1. The van der Waals surface area contributed by atoms with Crippen molar-refractivity contribution in [1.82, 2.24) is 0 Å². The molecule has 0 spiro atoms. The van der Waals surface area contributed by atoms with Gasteiger partial charge in [-0.1, -0.05) is 33.3 Å². The molecule has 0 saturated heterocycles. The summed E-state index contributed by atoms with van der Waals surface area (Å²) >= 11 is 0. The summed E-state index contributed by atoms with van der Waals surface area (Å²) in [4.78, 5) is 13.6. The van der Waals surface area contributed by atoms with E-state index in [0.29, 0.717) is 22.8 Å². The van der Waals surface area contributed by atoms with Crippen LogP contribution in [0.2, 0.25) is 0 Å². The molecule has 4 nitrogen and oxygen atoms in total. The van der Waals surface area contributed by atoms with Crippen LogP contribution in [0, 0.1) is 5.41 Å². The molecule has 4 heteroatoms. The maximum Gasteiger partial charge on any atom is 0.193 e. The van der Waals surface area contributed by atoms with E-state index < -0.39 is 0 Å². The van der Waals surface area contributed by atoms with E-state index in [-0.39, 0.29) is 17.1 Å². The molecule has 144 valence electrons. The van der Waals surface area contributed by atoms with E-state index in [0.717, 1.165) is 30.4 Å². The Labute approximate surface area is 157 Å². The molecule has 0 unspecified atom stereocenters. The van der Waals surface area contributed by atoms with E-state index in [1.807, 2.05) is 0 Å². The van der Waals surface area contributed by atoms with Crippen molar-refractivity contribution in [2.24, 2.45) is 5.41 Å². The van der Waals surface area contributed by atoms with Gasteiger partial charge in [0.05, 0.1) is 26.9 Å². The van der Waals surface area contributed by atoms with Gasteiger partial charge < -0.3 is 14.2 Å². The summed E-state index contributed by atoms with van der Waals surface area (Å²) in [7, 11) is 4.82. The summed E-state index contributed by atoms with van der Waals surface area (Å²) in [5.74, 6) is 1.93. The van der Waals surface area contributed by atoms with Gasteiger partial charge >= 0.3 is 0 Å². The Morgan fingerprint density at radius 1 is 1.08 bits per heavy atom. The summed E-state index contributed by atoms with van der Waals surface area (Å²) < 4.78 is 16.8. The first-order chi connectivity index (χ1) is 12.2. The van der Waals surface area contributed by atoms with Crippen LogP contribution >= 0.6 is 0 Å². The van der Waals surface area contributed by atoms with E-state index in [1.165, 1.54) is 5.57 Å². The Morgan fingerprint density at radius 3 is 2.15 bits per heavy atom. The van der Waals surface area contributed by atoms with Crippen LogP contribution in [-0.2, 0) is 0 Å². The van der Waals surface area contributed by atoms with Crippen molar-refractivity contribution in [1.29, 1.82) is 0 Å². The van der Waals surface area contributed by atoms with Crippen LogP contribution in [-0.4, -0.2) is 27.1 Å². The second kappa shape index (κ2) is 7.73. The molecule has 0 N–H and O–H groups in total. The number of ether oxygens (including phenoxy) is 3. The van der Waals surface area contributed by atoms with Gasteiger partial charge in [-0.25, -0.2) is 0 Å². The van der Waals surface area contributed by atoms with Crippen LogP contribution in [0.25, 0.3) is 0 Å². The second-order valence-corrected chi connectivity index (χ2v) is 7.98. The molecule has 2 rings (SSSR count). The van der Waals surface area contributed by atoms with Crippen LogP contribution in [0.5, 0.6) is 17.2 Å². The van der Waals surface area contributed by atoms with E-state index in [9.17, 15) is 4.79 Å². The maximum atomic E-state index is 13.6. The predicted octanol–water partition coefficient (Wildman–Crippen LogP) is 5.55. The average molecular weight is 360 g/mol. The molecular weight excluding hydrogens is 328 g/mol. The van der Waals surface area contributed by atoms with Gasteiger partial charge in [0.1, 0.15) is 5.75 Å². The standard InChI is InChI=1S/C22H32O4/c1-13(2)17-20(25-7)15(12-16(24-6)21(17)26-8)19(23)18-14(3)10-9-11-22(18,4)5/h12-13H,9-11H2,1-8H3. The van der Waals surface area contributed by atoms with Gasteiger partial charge in [-0.3, -0.25) is 4.79 Å². The van der Waals surface area contributed by atoms with Crippen molar-refractivity contribution in [3.05, 3.63) is 28.3 Å². The zero-order valence-electron chi connectivity index (χ0n) is 17.4. The largest absolute Gasteiger partial charge is 0.496 e. The molecule has 0 radical (unpaired) electrons. The molecule has 0 atom stereocenters. The first-order valence-corrected chi connectivity index (χ1v) is 9.27. The van der Waals surface area contributed by atoms with Crippen LogP contribution in [0.1, 0.15) is 75.7 Å². The highest BCUT2D eigenvalue weighted by Gasteiger charge is 2.36. The normalized spacial score (nSPS) is 16.7. The highest BCUT2D eigenvalue weighted by molar-refractivity contribution is 6.12. The minimum atomic E-state index is -0.143. The lowest BCUT2D eigenvalue weighted by atomic mass is 9.70. The summed E-state index contributed by atoms with van der Waals surface area (Å²) in [6.45, 7) is 10.5. The summed E-state index contributed by atoms with van der Waals surface area (Å²) in [5.41, 5.74) is 3.36. The predicted molar refractivity (Wildman–Crippen MR) is 105 cm³/mol. The number of rotatable bonds is 6. The van der Waals surface area contributed by atoms with E-state index in [2.05, 4.69) is 34.6 Å². The van der Waals surface area contributed by atoms with Gasteiger partial charge in [0.25, 0.3) is 0 Å². The zero-order valence-corrected chi connectivity index (χ0v) is 17.4. The molecule has 1 aromatic carbocycles. The quantitative estimate of drug-likeness (QED) is 0.624. The Hall–Kier alpha value is -1.97. The zero-order chi connectivity index (χ0) is 19.6. The average Bonchev–Trinajstić information content (AvgIpc) is 2.58. The number of benzene rings is 1. The van der Waals surface area contributed by atoms with Crippen molar-refractivity contribution in [3.63, 3.8) is 0 Å². The maximum absolute atomic E-state index is 13.6. The molecule has 0 aromatic heterocycles. The smallest absolute Gasteiger partial charge is 0.193 e. The lowest BCUT2D eigenvalue weighted by Crippen LogP contribution is -2.27. The van der Waals surface area contributed by atoms with E-state index >= 15 is 0 Å². The van der Waals surface area contributed by atoms with E-state index in [1.54, 1.807) is 27.4 Å². The fourth-order valence-electron chi connectivity index (χ4n) is 4.18.